The first-order valence-corrected chi connectivity index (χ1v) is 10.3. The molecule has 1 unspecified atom stereocenters. The lowest BCUT2D eigenvalue weighted by atomic mass is 10.0. The summed E-state index contributed by atoms with van der Waals surface area (Å²) in [6, 6.07) is 11.0. The molecule has 1 aromatic carbocycles. The first-order chi connectivity index (χ1) is 12.8. The minimum Gasteiger partial charge on any atom is -0.354 e. The maximum atomic E-state index is 12.3. The van der Waals surface area contributed by atoms with Gasteiger partial charge in [0.05, 0.1) is 6.04 Å². The number of carbonyl (C=O) groups excluding carboxylic acids is 1. The largest absolute Gasteiger partial charge is 0.354 e. The van der Waals surface area contributed by atoms with Gasteiger partial charge in [0, 0.05) is 26.1 Å². The number of carbonyl (C=O) groups is 1. The molecule has 0 spiro atoms. The van der Waals surface area contributed by atoms with Crippen LogP contribution in [-0.4, -0.2) is 43.5 Å². The number of hydrazine groups is 1. The summed E-state index contributed by atoms with van der Waals surface area (Å²) in [7, 11) is 0. The van der Waals surface area contributed by atoms with E-state index >= 15 is 0 Å². The van der Waals surface area contributed by atoms with E-state index in [-0.39, 0.29) is 5.91 Å². The molecule has 3 rings (SSSR count). The number of amides is 1. The van der Waals surface area contributed by atoms with Gasteiger partial charge < -0.3 is 5.32 Å². The van der Waals surface area contributed by atoms with Crippen LogP contribution in [0.25, 0.3) is 0 Å². The van der Waals surface area contributed by atoms with Crippen molar-refractivity contribution in [3.05, 3.63) is 35.9 Å². The van der Waals surface area contributed by atoms with Gasteiger partial charge in [-0.3, -0.25) is 20.5 Å². The average molecular weight is 359 g/mol. The van der Waals surface area contributed by atoms with Crippen molar-refractivity contribution >= 4 is 5.91 Å². The maximum Gasteiger partial charge on any atom is 0.220 e. The maximum absolute atomic E-state index is 12.3. The van der Waals surface area contributed by atoms with Gasteiger partial charge >= 0.3 is 0 Å². The van der Waals surface area contributed by atoms with Gasteiger partial charge in [0.15, 0.2) is 0 Å². The van der Waals surface area contributed by atoms with Gasteiger partial charge in [0.25, 0.3) is 0 Å². The van der Waals surface area contributed by atoms with E-state index in [0.717, 1.165) is 45.6 Å². The van der Waals surface area contributed by atoms with Crippen molar-refractivity contribution in [3.63, 3.8) is 0 Å². The van der Waals surface area contributed by atoms with E-state index in [2.05, 4.69) is 51.4 Å². The number of hydrogen-bond donors (Lipinski definition) is 3. The molecule has 3 N–H and O–H groups in total. The highest BCUT2D eigenvalue weighted by Gasteiger charge is 2.22. The highest BCUT2D eigenvalue weighted by molar-refractivity contribution is 5.75. The molecule has 0 bridgehead atoms. The van der Waals surface area contributed by atoms with Crippen LogP contribution in [0, 0.1) is 5.92 Å². The Labute approximate surface area is 157 Å². The summed E-state index contributed by atoms with van der Waals surface area (Å²) in [5, 5.41) is 3.21. The van der Waals surface area contributed by atoms with Crippen LogP contribution in [0.15, 0.2) is 30.3 Å². The van der Waals surface area contributed by atoms with Gasteiger partial charge in [0.1, 0.15) is 0 Å². The lowest BCUT2D eigenvalue weighted by Gasteiger charge is -2.31. The molecule has 2 saturated heterocycles. The molecule has 2 aliphatic heterocycles. The van der Waals surface area contributed by atoms with Crippen molar-refractivity contribution in [2.45, 2.75) is 51.0 Å². The second kappa shape index (κ2) is 10.7. The Morgan fingerprint density at radius 3 is 2.46 bits per heavy atom. The lowest BCUT2D eigenvalue weighted by molar-refractivity contribution is -0.121. The fourth-order valence-corrected chi connectivity index (χ4v) is 4.10. The smallest absolute Gasteiger partial charge is 0.220 e. The van der Waals surface area contributed by atoms with Crippen LogP contribution < -0.4 is 16.2 Å². The zero-order chi connectivity index (χ0) is 18.0. The van der Waals surface area contributed by atoms with Crippen LogP contribution >= 0.6 is 0 Å². The third kappa shape index (κ3) is 6.08. The van der Waals surface area contributed by atoms with Crippen LogP contribution in [0.3, 0.4) is 0 Å². The van der Waals surface area contributed by atoms with E-state index in [1.807, 2.05) is 0 Å². The molecule has 1 atom stereocenters. The molecule has 26 heavy (non-hydrogen) atoms. The second-order valence-corrected chi connectivity index (χ2v) is 7.70. The Morgan fingerprint density at radius 1 is 1.08 bits per heavy atom. The Morgan fingerprint density at radius 2 is 1.77 bits per heavy atom. The van der Waals surface area contributed by atoms with Gasteiger partial charge in [0.2, 0.25) is 5.91 Å². The molecule has 2 fully saturated rings. The molecule has 0 aliphatic carbocycles. The fourth-order valence-electron chi connectivity index (χ4n) is 4.10. The van der Waals surface area contributed by atoms with Crippen molar-refractivity contribution in [2.24, 2.45) is 5.92 Å². The summed E-state index contributed by atoms with van der Waals surface area (Å²) >= 11 is 0. The van der Waals surface area contributed by atoms with Crippen molar-refractivity contribution in [3.8, 4) is 0 Å². The van der Waals surface area contributed by atoms with Crippen LogP contribution in [0.2, 0.25) is 0 Å². The summed E-state index contributed by atoms with van der Waals surface area (Å²) in [5.41, 5.74) is 7.63. The minimum atomic E-state index is 0.194. The standard InChI is InChI=1S/C21H34N4O/c26-21(12-8-9-18-15-23-24-16-18)22-17-20(19-10-4-3-5-11-19)25-13-6-1-2-7-14-25/h3-5,10-11,18,20,23-24H,1-2,6-9,12-17H2,(H,22,26). The van der Waals surface area contributed by atoms with Crippen LogP contribution in [-0.2, 0) is 4.79 Å². The highest BCUT2D eigenvalue weighted by atomic mass is 16.1. The normalized spacial score (nSPS) is 20.6. The number of nitrogens with one attached hydrogen (secondary N) is 3. The first kappa shape index (κ1) is 19.3. The SMILES string of the molecule is O=C(CCCC1CNNC1)NCC(c1ccccc1)N1CCCCCC1. The Balaban J connectivity index is 1.49. The highest BCUT2D eigenvalue weighted by Crippen LogP contribution is 2.23. The molecule has 5 nitrogen and oxygen atoms in total. The van der Waals surface area contributed by atoms with Crippen LogP contribution in [0.1, 0.15) is 56.6 Å². The Bertz CT molecular complexity index is 522. The zero-order valence-corrected chi connectivity index (χ0v) is 15.9. The molecule has 0 aromatic heterocycles. The number of likely N-dealkylation sites (tertiary alicyclic amines) is 1. The molecule has 5 heteroatoms. The van der Waals surface area contributed by atoms with Gasteiger partial charge in [-0.2, -0.15) is 0 Å². The molecule has 2 heterocycles. The van der Waals surface area contributed by atoms with Crippen molar-refractivity contribution in [1.82, 2.24) is 21.1 Å². The van der Waals surface area contributed by atoms with E-state index < -0.39 is 0 Å². The minimum absolute atomic E-state index is 0.194. The van der Waals surface area contributed by atoms with Crippen molar-refractivity contribution in [1.29, 1.82) is 0 Å². The summed E-state index contributed by atoms with van der Waals surface area (Å²) < 4.78 is 0. The molecular weight excluding hydrogens is 324 g/mol. The third-order valence-electron chi connectivity index (χ3n) is 5.68. The molecule has 2 aliphatic rings. The van der Waals surface area contributed by atoms with Gasteiger partial charge in [-0.25, -0.2) is 0 Å². The Hall–Kier alpha value is -1.43. The monoisotopic (exact) mass is 358 g/mol. The molecular formula is C21H34N4O. The van der Waals surface area contributed by atoms with Crippen molar-refractivity contribution in [2.75, 3.05) is 32.7 Å². The van der Waals surface area contributed by atoms with Crippen LogP contribution in [0.4, 0.5) is 0 Å². The molecule has 1 amide bonds. The first-order valence-electron chi connectivity index (χ1n) is 10.3. The zero-order valence-electron chi connectivity index (χ0n) is 15.9. The lowest BCUT2D eigenvalue weighted by Crippen LogP contribution is -2.38. The summed E-state index contributed by atoms with van der Waals surface area (Å²) in [6.07, 6.45) is 7.91. The van der Waals surface area contributed by atoms with Crippen LogP contribution in [0.5, 0.6) is 0 Å². The van der Waals surface area contributed by atoms with Gasteiger partial charge in [-0.15, -0.1) is 0 Å². The Kier molecular flexibility index (Phi) is 7.92. The van der Waals surface area contributed by atoms with Crippen molar-refractivity contribution < 1.29 is 4.79 Å². The number of nitrogens with zero attached hydrogens (tertiary/aromatic N) is 1. The quantitative estimate of drug-likeness (QED) is 0.669. The number of rotatable bonds is 8. The van der Waals surface area contributed by atoms with E-state index in [1.165, 1.54) is 31.2 Å². The number of benzene rings is 1. The molecule has 144 valence electrons. The summed E-state index contributed by atoms with van der Waals surface area (Å²) in [5.74, 6) is 0.858. The van der Waals surface area contributed by atoms with Gasteiger partial charge in [-0.1, -0.05) is 43.2 Å². The predicted octanol–water partition coefficient (Wildman–Crippen LogP) is 2.61. The van der Waals surface area contributed by atoms with Gasteiger partial charge in [-0.05, 0) is 50.3 Å². The van der Waals surface area contributed by atoms with E-state index in [1.54, 1.807) is 0 Å². The summed E-state index contributed by atoms with van der Waals surface area (Å²) in [4.78, 5) is 14.9. The number of hydrogen-bond acceptors (Lipinski definition) is 4. The molecule has 0 saturated carbocycles. The predicted molar refractivity (Wildman–Crippen MR) is 106 cm³/mol. The van der Waals surface area contributed by atoms with E-state index in [9.17, 15) is 4.79 Å². The average Bonchev–Trinajstić information content (AvgIpc) is 3.04. The topological polar surface area (TPSA) is 56.4 Å². The fraction of sp³-hybridized carbons (Fsp3) is 0.667. The molecule has 0 radical (unpaired) electrons. The molecule has 1 aromatic rings. The third-order valence-corrected chi connectivity index (χ3v) is 5.68. The van der Waals surface area contributed by atoms with E-state index in [4.69, 9.17) is 0 Å². The van der Waals surface area contributed by atoms with E-state index in [0.29, 0.717) is 18.4 Å². The summed E-state index contributed by atoms with van der Waals surface area (Å²) in [6.45, 7) is 5.03. The second-order valence-electron chi connectivity index (χ2n) is 7.70.